The molecule has 25 heavy (non-hydrogen) atoms. The number of allylic oxidation sites excluding steroid dienone is 1. The maximum Gasteiger partial charge on any atom is 0.332 e. The van der Waals surface area contributed by atoms with Gasteiger partial charge in [-0.15, -0.1) is 0 Å². The Hall–Kier alpha value is -3.26. The van der Waals surface area contributed by atoms with Gasteiger partial charge in [0.15, 0.2) is 0 Å². The fourth-order valence-electron chi connectivity index (χ4n) is 2.24. The van der Waals surface area contributed by atoms with Crippen molar-refractivity contribution < 1.29 is 14.3 Å². The average molecular weight is 336 g/mol. The van der Waals surface area contributed by atoms with Crippen molar-refractivity contribution in [2.45, 2.75) is 19.9 Å². The Morgan fingerprint density at radius 1 is 1.20 bits per heavy atom. The molecule has 0 aliphatic rings. The normalized spacial score (nSPS) is 12.0. The van der Waals surface area contributed by atoms with Crippen LogP contribution in [0.25, 0.3) is 0 Å². The van der Waals surface area contributed by atoms with Crippen LogP contribution < -0.4 is 10.1 Å². The van der Waals surface area contributed by atoms with Crippen molar-refractivity contribution in [2.75, 3.05) is 6.61 Å². The summed E-state index contributed by atoms with van der Waals surface area (Å²) in [7, 11) is 0. The second-order valence-electron chi connectivity index (χ2n) is 5.24. The zero-order valence-corrected chi connectivity index (χ0v) is 14.2. The topological polar surface area (TPSA) is 71.3 Å². The number of carbonyl (C=O) groups is 1. The Balaban J connectivity index is 2.21. The molecule has 0 aliphatic carbocycles. The zero-order valence-electron chi connectivity index (χ0n) is 14.2. The maximum atomic E-state index is 11.5. The Labute approximate surface area is 147 Å². The van der Waals surface area contributed by atoms with Gasteiger partial charge in [-0.1, -0.05) is 36.4 Å². The molecule has 5 nitrogen and oxygen atoms in total. The van der Waals surface area contributed by atoms with Crippen molar-refractivity contribution in [2.24, 2.45) is 0 Å². The number of nitrogens with one attached hydrogen (secondary N) is 1. The van der Waals surface area contributed by atoms with Gasteiger partial charge in [0.05, 0.1) is 12.7 Å². The molecule has 0 amide bonds. The predicted octanol–water partition coefficient (Wildman–Crippen LogP) is 4.10. The summed E-state index contributed by atoms with van der Waals surface area (Å²) in [6.07, 6.45) is 1.33. The number of esters is 1. The first-order chi connectivity index (χ1) is 12.1. The Morgan fingerprint density at radius 3 is 2.56 bits per heavy atom. The highest BCUT2D eigenvalue weighted by molar-refractivity contribution is 5.82. The van der Waals surface area contributed by atoms with Gasteiger partial charge < -0.3 is 14.8 Å². The van der Waals surface area contributed by atoms with Crippen LogP contribution in [-0.4, -0.2) is 12.6 Å². The van der Waals surface area contributed by atoms with E-state index >= 15 is 0 Å². The smallest absolute Gasteiger partial charge is 0.332 e. The van der Waals surface area contributed by atoms with E-state index in [1.807, 2.05) is 48.5 Å². The third-order valence-electron chi connectivity index (χ3n) is 3.32. The Morgan fingerprint density at radius 2 is 1.88 bits per heavy atom. The molecule has 1 N–H and O–H groups in total. The van der Waals surface area contributed by atoms with Crippen LogP contribution in [0.3, 0.4) is 0 Å². The number of para-hydroxylation sites is 2. The zero-order chi connectivity index (χ0) is 18.1. The minimum absolute atomic E-state index is 0.304. The van der Waals surface area contributed by atoms with Gasteiger partial charge in [0.2, 0.25) is 0 Å². The van der Waals surface area contributed by atoms with E-state index in [1.54, 1.807) is 19.9 Å². The Bertz CT molecular complexity index is 779. The summed E-state index contributed by atoms with van der Waals surface area (Å²) in [6.45, 7) is 3.75. The lowest BCUT2D eigenvalue weighted by molar-refractivity contribution is -0.137. The van der Waals surface area contributed by atoms with Crippen LogP contribution in [0.15, 0.2) is 66.4 Å². The molecule has 0 spiro atoms. The molecule has 0 aromatic heterocycles. The molecular weight excluding hydrogens is 316 g/mol. The molecule has 2 rings (SSSR count). The van der Waals surface area contributed by atoms with Gasteiger partial charge in [-0.2, -0.15) is 5.26 Å². The number of benzene rings is 2. The van der Waals surface area contributed by atoms with Gasteiger partial charge in [-0.25, -0.2) is 4.79 Å². The van der Waals surface area contributed by atoms with Crippen molar-refractivity contribution in [1.82, 2.24) is 5.32 Å². The van der Waals surface area contributed by atoms with E-state index in [-0.39, 0.29) is 0 Å². The summed E-state index contributed by atoms with van der Waals surface area (Å²) in [4.78, 5) is 11.5. The predicted molar refractivity (Wildman–Crippen MR) is 94.8 cm³/mol. The highest BCUT2D eigenvalue weighted by Gasteiger charge is 2.16. The lowest BCUT2D eigenvalue weighted by Crippen LogP contribution is -2.19. The van der Waals surface area contributed by atoms with E-state index < -0.39 is 12.0 Å². The van der Waals surface area contributed by atoms with Crippen molar-refractivity contribution in [3.05, 3.63) is 71.9 Å². The van der Waals surface area contributed by atoms with Crippen LogP contribution in [0.2, 0.25) is 0 Å². The highest BCUT2D eigenvalue weighted by atomic mass is 16.5. The minimum Gasteiger partial charge on any atom is -0.463 e. The van der Waals surface area contributed by atoms with Crippen molar-refractivity contribution in [3.8, 4) is 17.6 Å². The second-order valence-corrected chi connectivity index (χ2v) is 5.24. The first-order valence-corrected chi connectivity index (χ1v) is 7.97. The van der Waals surface area contributed by atoms with Gasteiger partial charge in [-0.3, -0.25) is 0 Å². The molecule has 2 aromatic carbocycles. The van der Waals surface area contributed by atoms with Crippen LogP contribution in [-0.2, 0) is 9.53 Å². The van der Waals surface area contributed by atoms with E-state index in [0.717, 1.165) is 0 Å². The van der Waals surface area contributed by atoms with Crippen LogP contribution in [0.4, 0.5) is 0 Å². The summed E-state index contributed by atoms with van der Waals surface area (Å²) in [6, 6.07) is 18.2. The average Bonchev–Trinajstić information content (AvgIpc) is 2.61. The number of hydrogen-bond donors (Lipinski definition) is 1. The Kier molecular flexibility index (Phi) is 6.61. The molecule has 0 aliphatic heterocycles. The highest BCUT2D eigenvalue weighted by Crippen LogP contribution is 2.29. The number of rotatable bonds is 7. The van der Waals surface area contributed by atoms with Crippen molar-refractivity contribution >= 4 is 5.97 Å². The molecule has 0 bridgehead atoms. The summed E-state index contributed by atoms with van der Waals surface area (Å²) >= 11 is 0. The first-order valence-electron chi connectivity index (χ1n) is 7.97. The van der Waals surface area contributed by atoms with Crippen LogP contribution in [0.5, 0.6) is 11.5 Å². The van der Waals surface area contributed by atoms with Gasteiger partial charge in [0.1, 0.15) is 17.5 Å². The van der Waals surface area contributed by atoms with Crippen LogP contribution in [0, 0.1) is 11.3 Å². The molecule has 5 heteroatoms. The first kappa shape index (κ1) is 18.1. The van der Waals surface area contributed by atoms with Gasteiger partial charge in [0.25, 0.3) is 0 Å². The molecule has 0 saturated heterocycles. The van der Waals surface area contributed by atoms with Crippen molar-refractivity contribution in [1.29, 1.82) is 5.26 Å². The van der Waals surface area contributed by atoms with Crippen LogP contribution >= 0.6 is 0 Å². The van der Waals surface area contributed by atoms with Gasteiger partial charge in [-0.05, 0) is 32.0 Å². The van der Waals surface area contributed by atoms with E-state index in [2.05, 4.69) is 11.4 Å². The van der Waals surface area contributed by atoms with E-state index in [9.17, 15) is 10.1 Å². The van der Waals surface area contributed by atoms with Gasteiger partial charge >= 0.3 is 5.97 Å². The molecule has 0 heterocycles. The fraction of sp³-hybridized carbons (Fsp3) is 0.200. The maximum absolute atomic E-state index is 11.5. The number of carbonyl (C=O) groups excluding carboxylic acids is 1. The summed E-state index contributed by atoms with van der Waals surface area (Å²) in [5, 5.41) is 12.6. The fourth-order valence-corrected chi connectivity index (χ4v) is 2.24. The van der Waals surface area contributed by atoms with E-state index in [4.69, 9.17) is 9.47 Å². The SMILES string of the molecule is CCOC(=O)/C=C(\C)N[C@H](C#N)c1ccccc1Oc1ccccc1. The molecule has 0 unspecified atom stereocenters. The largest absolute Gasteiger partial charge is 0.463 e. The van der Waals surface area contributed by atoms with Crippen LogP contribution in [0.1, 0.15) is 25.5 Å². The lowest BCUT2D eigenvalue weighted by Gasteiger charge is -2.17. The number of nitrogens with zero attached hydrogens (tertiary/aromatic N) is 1. The number of nitriles is 1. The molecule has 0 saturated carbocycles. The van der Waals surface area contributed by atoms with Gasteiger partial charge in [0, 0.05) is 17.3 Å². The van der Waals surface area contributed by atoms with E-state index in [1.165, 1.54) is 6.08 Å². The number of ether oxygens (including phenoxy) is 2. The molecular formula is C20H20N2O3. The number of hydrogen-bond acceptors (Lipinski definition) is 5. The monoisotopic (exact) mass is 336 g/mol. The molecule has 0 radical (unpaired) electrons. The lowest BCUT2D eigenvalue weighted by atomic mass is 10.1. The summed E-state index contributed by atoms with van der Waals surface area (Å²) < 4.78 is 10.8. The summed E-state index contributed by atoms with van der Waals surface area (Å²) in [5.41, 5.74) is 1.23. The standard InChI is InChI=1S/C20H20N2O3/c1-3-24-20(23)13-15(2)22-18(14-21)17-11-7-8-12-19(17)25-16-9-5-4-6-10-16/h4-13,18,22H,3H2,1-2H3/b15-13+/t18-/m1/s1. The third kappa shape index (κ3) is 5.40. The minimum atomic E-state index is -0.661. The quantitative estimate of drug-likeness (QED) is 0.609. The molecule has 128 valence electrons. The summed E-state index contributed by atoms with van der Waals surface area (Å²) in [5.74, 6) is 0.820. The van der Waals surface area contributed by atoms with E-state index in [0.29, 0.717) is 29.4 Å². The third-order valence-corrected chi connectivity index (χ3v) is 3.32. The van der Waals surface area contributed by atoms with Crippen molar-refractivity contribution in [3.63, 3.8) is 0 Å². The molecule has 0 fully saturated rings. The second kappa shape index (κ2) is 9.14. The molecule has 2 aromatic rings. The molecule has 1 atom stereocenters.